The molecule has 8 nitrogen and oxygen atoms in total. The highest BCUT2D eigenvalue weighted by Gasteiger charge is 2.50. The molecule has 3 aliphatic heterocycles. The van der Waals surface area contributed by atoms with E-state index < -0.39 is 9.84 Å². The van der Waals surface area contributed by atoms with Crippen LogP contribution in [0.25, 0.3) is 0 Å². The minimum absolute atomic E-state index is 0.0429. The van der Waals surface area contributed by atoms with E-state index in [1.54, 1.807) is 24.3 Å². The van der Waals surface area contributed by atoms with Crippen LogP contribution in [0.15, 0.2) is 58.3 Å². The third kappa shape index (κ3) is 7.01. The zero-order valence-corrected chi connectivity index (χ0v) is 26.2. The summed E-state index contributed by atoms with van der Waals surface area (Å²) in [7, 11) is -3.68. The Morgan fingerprint density at radius 2 is 1.65 bits per heavy atom. The van der Waals surface area contributed by atoms with Gasteiger partial charge in [-0.3, -0.25) is 9.69 Å². The van der Waals surface area contributed by atoms with E-state index in [9.17, 15) is 13.2 Å². The Hall–Kier alpha value is -2.30. The molecule has 1 amide bonds. The molecule has 3 saturated heterocycles. The molecule has 3 atom stereocenters. The quantitative estimate of drug-likeness (QED) is 0.437. The Bertz CT molecular complexity index is 1330. The van der Waals surface area contributed by atoms with E-state index in [2.05, 4.69) is 20.9 Å². The number of hydrogen-bond acceptors (Lipinski definition) is 7. The van der Waals surface area contributed by atoms with Crippen LogP contribution >= 0.6 is 0 Å². The molecule has 3 heterocycles. The summed E-state index contributed by atoms with van der Waals surface area (Å²) in [6.07, 6.45) is 11.3. The van der Waals surface area contributed by atoms with E-state index in [0.29, 0.717) is 43.2 Å². The van der Waals surface area contributed by atoms with Crippen LogP contribution < -0.4 is 16.0 Å². The maximum Gasteiger partial charge on any atom is 0.237 e. The normalized spacial score (nSPS) is 26.7. The van der Waals surface area contributed by atoms with Gasteiger partial charge < -0.3 is 20.7 Å². The van der Waals surface area contributed by atoms with Gasteiger partial charge in [-0.15, -0.1) is 0 Å². The highest BCUT2D eigenvalue weighted by atomic mass is 32.2. The lowest BCUT2D eigenvalue weighted by Crippen LogP contribution is -2.58. The van der Waals surface area contributed by atoms with Crippen molar-refractivity contribution >= 4 is 15.7 Å². The number of ether oxygens (including phenoxy) is 1. The zero-order valence-electron chi connectivity index (χ0n) is 25.4. The molecule has 0 radical (unpaired) electrons. The van der Waals surface area contributed by atoms with Crippen molar-refractivity contribution in [2.45, 2.75) is 92.8 Å². The lowest BCUT2D eigenvalue weighted by molar-refractivity contribution is -0.123. The molecule has 6 rings (SSSR count). The summed E-state index contributed by atoms with van der Waals surface area (Å²) in [5.41, 5.74) is 1.95. The van der Waals surface area contributed by atoms with Crippen molar-refractivity contribution in [3.8, 4) is 0 Å². The van der Waals surface area contributed by atoms with Gasteiger partial charge in [-0.25, -0.2) is 8.42 Å². The van der Waals surface area contributed by atoms with Crippen LogP contribution in [-0.2, 0) is 32.5 Å². The molecule has 1 spiro atoms. The Kier molecular flexibility index (Phi) is 9.84. The summed E-state index contributed by atoms with van der Waals surface area (Å²) in [6, 6.07) is 14.5. The number of amides is 1. The number of carbonyl (C=O) groups excluding carboxylic acids is 1. The molecule has 0 aromatic heterocycles. The van der Waals surface area contributed by atoms with E-state index in [1.165, 1.54) is 51.4 Å². The van der Waals surface area contributed by atoms with Crippen molar-refractivity contribution in [2.24, 2.45) is 11.3 Å². The average molecular weight is 609 g/mol. The van der Waals surface area contributed by atoms with Crippen LogP contribution in [0, 0.1) is 11.3 Å². The zero-order chi connectivity index (χ0) is 29.7. The number of piperidine rings is 1. The lowest BCUT2D eigenvalue weighted by atomic mass is 9.67. The number of carbonyl (C=O) groups is 1. The van der Waals surface area contributed by atoms with Crippen molar-refractivity contribution in [1.29, 1.82) is 0 Å². The maximum absolute atomic E-state index is 13.6. The molecule has 4 aliphatic rings. The topological polar surface area (TPSA) is 99.8 Å². The molecule has 0 bridgehead atoms. The fourth-order valence-electron chi connectivity index (χ4n) is 7.93. The Balaban J connectivity index is 1.07. The van der Waals surface area contributed by atoms with Crippen LogP contribution in [0.5, 0.6) is 0 Å². The van der Waals surface area contributed by atoms with Gasteiger partial charge in [-0.2, -0.15) is 0 Å². The molecule has 1 saturated carbocycles. The number of sulfone groups is 1. The van der Waals surface area contributed by atoms with Crippen LogP contribution in [0.3, 0.4) is 0 Å². The van der Waals surface area contributed by atoms with Crippen LogP contribution in [-0.4, -0.2) is 70.7 Å². The molecule has 1 aliphatic carbocycles. The number of rotatable bonds is 7. The molecular formula is C34H48N4O4S. The minimum atomic E-state index is -3.68. The first kappa shape index (κ1) is 30.7. The summed E-state index contributed by atoms with van der Waals surface area (Å²) in [6.45, 7) is 5.93. The van der Waals surface area contributed by atoms with E-state index in [4.69, 9.17) is 4.74 Å². The van der Waals surface area contributed by atoms with Crippen molar-refractivity contribution in [3.05, 3.63) is 59.7 Å². The Labute approximate surface area is 257 Å². The molecular weight excluding hydrogens is 560 g/mol. The van der Waals surface area contributed by atoms with E-state index in [-0.39, 0.29) is 22.3 Å². The van der Waals surface area contributed by atoms with Crippen LogP contribution in [0.2, 0.25) is 0 Å². The molecule has 234 valence electrons. The van der Waals surface area contributed by atoms with Gasteiger partial charge in [-0.1, -0.05) is 68.9 Å². The summed E-state index contributed by atoms with van der Waals surface area (Å²) < 4.78 is 32.7. The summed E-state index contributed by atoms with van der Waals surface area (Å²) in [5, 5.41) is 10.7. The van der Waals surface area contributed by atoms with Gasteiger partial charge in [0.15, 0.2) is 0 Å². The number of nitrogens with zero attached hydrogens (tertiary/aromatic N) is 1. The lowest BCUT2D eigenvalue weighted by Gasteiger charge is -2.46. The predicted molar refractivity (Wildman–Crippen MR) is 167 cm³/mol. The largest absolute Gasteiger partial charge is 0.379 e. The monoisotopic (exact) mass is 608 g/mol. The van der Waals surface area contributed by atoms with Crippen molar-refractivity contribution in [2.75, 3.05) is 39.4 Å². The third-order valence-corrected chi connectivity index (χ3v) is 12.2. The molecule has 2 aromatic carbocycles. The van der Waals surface area contributed by atoms with Crippen molar-refractivity contribution in [3.63, 3.8) is 0 Å². The predicted octanol–water partition coefficient (Wildman–Crippen LogP) is 4.04. The number of nitrogens with one attached hydrogen (secondary N) is 3. The maximum atomic E-state index is 13.6. The van der Waals surface area contributed by atoms with Gasteiger partial charge in [0.05, 0.1) is 29.0 Å². The Morgan fingerprint density at radius 3 is 2.40 bits per heavy atom. The smallest absolute Gasteiger partial charge is 0.237 e. The fourth-order valence-corrected chi connectivity index (χ4v) is 9.42. The first-order chi connectivity index (χ1) is 20.9. The second-order valence-corrected chi connectivity index (χ2v) is 15.1. The fraction of sp³-hybridized carbons (Fsp3) is 0.618. The van der Waals surface area contributed by atoms with Gasteiger partial charge in [0.25, 0.3) is 0 Å². The number of hydrogen-bond donors (Lipinski definition) is 3. The summed E-state index contributed by atoms with van der Waals surface area (Å²) in [4.78, 5) is 16.2. The van der Waals surface area contributed by atoms with Crippen molar-refractivity contribution in [1.82, 2.24) is 20.9 Å². The van der Waals surface area contributed by atoms with Gasteiger partial charge in [-0.05, 0) is 66.5 Å². The molecule has 3 N–H and O–H groups in total. The first-order valence-electron chi connectivity index (χ1n) is 16.4. The summed E-state index contributed by atoms with van der Waals surface area (Å²) in [5.74, 6) is 0.530. The number of morpholine rings is 1. The number of fused-ring (bicyclic) bond motifs is 2. The van der Waals surface area contributed by atoms with Gasteiger partial charge in [0, 0.05) is 38.8 Å². The molecule has 9 heteroatoms. The first-order valence-corrected chi connectivity index (χ1v) is 17.9. The Morgan fingerprint density at radius 1 is 0.953 bits per heavy atom. The minimum Gasteiger partial charge on any atom is -0.379 e. The average Bonchev–Trinajstić information content (AvgIpc) is 3.52. The third-order valence-electron chi connectivity index (χ3n) is 10.3. The van der Waals surface area contributed by atoms with E-state index in [1.807, 2.05) is 24.3 Å². The van der Waals surface area contributed by atoms with Gasteiger partial charge in [0.2, 0.25) is 15.7 Å². The van der Waals surface area contributed by atoms with E-state index in [0.717, 1.165) is 43.7 Å². The number of benzene rings is 2. The van der Waals surface area contributed by atoms with Crippen molar-refractivity contribution < 1.29 is 17.9 Å². The van der Waals surface area contributed by atoms with Crippen LogP contribution in [0.1, 0.15) is 68.9 Å². The molecule has 2 aromatic rings. The van der Waals surface area contributed by atoms with E-state index >= 15 is 0 Å². The second kappa shape index (κ2) is 13.8. The SMILES string of the molecule is O=C(NCc1ccc(S(=O)(=O)c2ccccc2CN2CCOCC2)cc1)C1CC2CNCC3(CCCCCCCC3)C2N1. The molecule has 43 heavy (non-hydrogen) atoms. The standard InChI is InChI=1S/C34H48N4O4S/c39-33(30-21-28-23-35-25-34(32(28)37-30)15-7-3-1-2-4-8-16-34)36-22-26-11-13-29(14-12-26)43(40,41)31-10-6-5-9-27(31)24-38-17-19-42-20-18-38/h5-6,9-14,28,30,32,35,37H,1-4,7-8,15-25H2,(H,36,39). The highest BCUT2D eigenvalue weighted by molar-refractivity contribution is 7.91. The van der Waals surface area contributed by atoms with Gasteiger partial charge in [0.1, 0.15) is 0 Å². The second-order valence-electron chi connectivity index (χ2n) is 13.2. The summed E-state index contributed by atoms with van der Waals surface area (Å²) >= 11 is 0. The molecule has 4 fully saturated rings. The molecule has 3 unspecified atom stereocenters. The van der Waals surface area contributed by atoms with Crippen LogP contribution in [0.4, 0.5) is 0 Å². The highest BCUT2D eigenvalue weighted by Crippen LogP contribution is 2.44. The van der Waals surface area contributed by atoms with Gasteiger partial charge >= 0.3 is 0 Å².